The van der Waals surface area contributed by atoms with Crippen molar-refractivity contribution < 1.29 is 9.53 Å². The van der Waals surface area contributed by atoms with Crippen molar-refractivity contribution in [1.82, 2.24) is 9.97 Å². The largest absolute Gasteiger partial charge is 0.370 e. The quantitative estimate of drug-likeness (QED) is 0.335. The number of anilines is 2. The molecule has 1 rings (SSSR count). The molecule has 7 nitrogen and oxygen atoms in total. The van der Waals surface area contributed by atoms with E-state index in [0.29, 0.717) is 18.3 Å². The number of amides is 1. The van der Waals surface area contributed by atoms with Crippen molar-refractivity contribution in [3.05, 3.63) is 6.07 Å². The van der Waals surface area contributed by atoms with E-state index >= 15 is 0 Å². The monoisotopic (exact) mass is 299 g/mol. The van der Waals surface area contributed by atoms with Crippen LogP contribution in [0.15, 0.2) is 11.2 Å². The van der Waals surface area contributed by atoms with Crippen molar-refractivity contribution in [2.45, 2.75) is 18.5 Å². The van der Waals surface area contributed by atoms with E-state index in [0.717, 1.165) is 24.6 Å². The molecule has 0 spiro atoms. The molecule has 0 fully saturated rings. The zero-order valence-corrected chi connectivity index (χ0v) is 12.6. The highest BCUT2D eigenvalue weighted by atomic mass is 32.2. The number of nitrogens with one attached hydrogen (secondary N) is 2. The van der Waals surface area contributed by atoms with Gasteiger partial charge in [0.15, 0.2) is 5.16 Å². The van der Waals surface area contributed by atoms with Crippen LogP contribution in [0.3, 0.4) is 0 Å². The first-order valence-corrected chi connectivity index (χ1v) is 7.65. The van der Waals surface area contributed by atoms with Crippen molar-refractivity contribution in [3.63, 3.8) is 0 Å². The van der Waals surface area contributed by atoms with Crippen LogP contribution >= 0.6 is 11.8 Å². The Morgan fingerprint density at radius 3 is 2.55 bits per heavy atom. The Morgan fingerprint density at radius 1 is 1.35 bits per heavy atom. The van der Waals surface area contributed by atoms with Crippen molar-refractivity contribution in [1.29, 1.82) is 0 Å². The van der Waals surface area contributed by atoms with Gasteiger partial charge in [0.1, 0.15) is 18.2 Å². The van der Waals surface area contributed by atoms with Crippen molar-refractivity contribution in [2.24, 2.45) is 5.73 Å². The number of aromatic nitrogens is 2. The molecule has 1 aromatic rings. The molecule has 0 aromatic carbocycles. The maximum atomic E-state index is 10.5. The number of thioether (sulfide) groups is 1. The number of carbonyl (C=O) groups excluding carboxylic acids is 1. The standard InChI is InChI=1S/C12H21N5O2S/c1-3-4-14-10-7-11(17-12(16-10)20-2)15-5-6-19-8-9(13)18/h7H,3-6,8H2,1-2H3,(H2,13,18)(H2,14,15,16,17). The Balaban J connectivity index is 2.48. The van der Waals surface area contributed by atoms with E-state index in [1.165, 1.54) is 11.8 Å². The Labute approximate surface area is 123 Å². The SMILES string of the molecule is CCCNc1cc(NCCOCC(N)=O)nc(SC)n1. The van der Waals surface area contributed by atoms with E-state index in [4.69, 9.17) is 10.5 Å². The summed E-state index contributed by atoms with van der Waals surface area (Å²) in [6.45, 7) is 3.83. The number of hydrogen-bond donors (Lipinski definition) is 3. The molecule has 1 heterocycles. The van der Waals surface area contributed by atoms with Gasteiger partial charge in [-0.25, -0.2) is 9.97 Å². The number of ether oxygens (including phenoxy) is 1. The molecular formula is C12H21N5O2S. The maximum Gasteiger partial charge on any atom is 0.243 e. The van der Waals surface area contributed by atoms with Crippen molar-refractivity contribution >= 4 is 29.3 Å². The van der Waals surface area contributed by atoms with E-state index in [9.17, 15) is 4.79 Å². The Kier molecular flexibility index (Phi) is 7.74. The molecule has 0 bridgehead atoms. The number of nitrogens with two attached hydrogens (primary N) is 1. The van der Waals surface area contributed by atoms with Crippen LogP contribution in [0, 0.1) is 0 Å². The first-order chi connectivity index (χ1) is 9.65. The summed E-state index contributed by atoms with van der Waals surface area (Å²) in [5.41, 5.74) is 4.97. The number of carbonyl (C=O) groups is 1. The first kappa shape index (κ1) is 16.5. The number of hydrogen-bond acceptors (Lipinski definition) is 7. The predicted octanol–water partition coefficient (Wildman–Crippen LogP) is 0.934. The predicted molar refractivity (Wildman–Crippen MR) is 81.1 cm³/mol. The smallest absolute Gasteiger partial charge is 0.243 e. The molecule has 0 saturated carbocycles. The molecule has 1 aromatic heterocycles. The van der Waals surface area contributed by atoms with Gasteiger partial charge < -0.3 is 21.1 Å². The van der Waals surface area contributed by atoms with Crippen LogP contribution < -0.4 is 16.4 Å². The lowest BCUT2D eigenvalue weighted by Crippen LogP contribution is -2.20. The Bertz CT molecular complexity index is 430. The topological polar surface area (TPSA) is 102 Å². The second-order valence-electron chi connectivity index (χ2n) is 4.00. The third kappa shape index (κ3) is 6.58. The minimum absolute atomic E-state index is 0.0647. The van der Waals surface area contributed by atoms with Gasteiger partial charge in [-0.15, -0.1) is 0 Å². The third-order valence-corrected chi connectivity index (χ3v) is 2.79. The van der Waals surface area contributed by atoms with Crippen LogP contribution in [-0.4, -0.2) is 48.4 Å². The van der Waals surface area contributed by atoms with E-state index in [2.05, 4.69) is 27.5 Å². The molecule has 0 saturated heterocycles. The fourth-order valence-electron chi connectivity index (χ4n) is 1.37. The van der Waals surface area contributed by atoms with Gasteiger partial charge in [-0.1, -0.05) is 18.7 Å². The molecule has 0 aliphatic rings. The summed E-state index contributed by atoms with van der Waals surface area (Å²) in [6, 6.07) is 1.85. The molecule has 8 heteroatoms. The molecule has 0 unspecified atom stereocenters. The average Bonchev–Trinajstić information content (AvgIpc) is 2.44. The van der Waals surface area contributed by atoms with Gasteiger partial charge in [0, 0.05) is 19.2 Å². The molecule has 0 radical (unpaired) electrons. The van der Waals surface area contributed by atoms with Crippen LogP contribution in [0.5, 0.6) is 0 Å². The first-order valence-electron chi connectivity index (χ1n) is 6.42. The van der Waals surface area contributed by atoms with Gasteiger partial charge >= 0.3 is 0 Å². The summed E-state index contributed by atoms with van der Waals surface area (Å²) in [5, 5.41) is 7.06. The fraction of sp³-hybridized carbons (Fsp3) is 0.583. The van der Waals surface area contributed by atoms with Gasteiger partial charge in [-0.05, 0) is 12.7 Å². The lowest BCUT2D eigenvalue weighted by molar-refractivity contribution is -0.122. The molecule has 0 atom stereocenters. The summed E-state index contributed by atoms with van der Waals surface area (Å²) in [4.78, 5) is 19.2. The molecule has 0 aliphatic heterocycles. The Hall–Kier alpha value is -1.54. The molecular weight excluding hydrogens is 278 g/mol. The summed E-state index contributed by atoms with van der Waals surface area (Å²) < 4.78 is 5.07. The van der Waals surface area contributed by atoms with Crippen LogP contribution in [0.25, 0.3) is 0 Å². The zero-order valence-electron chi connectivity index (χ0n) is 11.8. The number of rotatable bonds is 10. The summed E-state index contributed by atoms with van der Waals surface area (Å²) in [6.07, 6.45) is 2.96. The molecule has 1 amide bonds. The number of primary amides is 1. The van der Waals surface area contributed by atoms with Gasteiger partial charge in [-0.3, -0.25) is 4.79 Å². The second kappa shape index (κ2) is 9.38. The minimum atomic E-state index is -0.470. The number of nitrogens with zero attached hydrogens (tertiary/aromatic N) is 2. The maximum absolute atomic E-state index is 10.5. The van der Waals surface area contributed by atoms with E-state index in [-0.39, 0.29) is 6.61 Å². The highest BCUT2D eigenvalue weighted by Crippen LogP contribution is 2.17. The Morgan fingerprint density at radius 2 is 2.00 bits per heavy atom. The van der Waals surface area contributed by atoms with Gasteiger partial charge in [0.2, 0.25) is 5.91 Å². The van der Waals surface area contributed by atoms with E-state index < -0.39 is 5.91 Å². The van der Waals surface area contributed by atoms with E-state index in [1.54, 1.807) is 0 Å². The average molecular weight is 299 g/mol. The molecule has 112 valence electrons. The zero-order chi connectivity index (χ0) is 14.8. The van der Waals surface area contributed by atoms with Crippen LogP contribution in [0.4, 0.5) is 11.6 Å². The summed E-state index contributed by atoms with van der Waals surface area (Å²) >= 11 is 1.48. The summed E-state index contributed by atoms with van der Waals surface area (Å²) in [5.74, 6) is 1.06. The van der Waals surface area contributed by atoms with Crippen molar-refractivity contribution in [3.8, 4) is 0 Å². The lowest BCUT2D eigenvalue weighted by atomic mass is 10.4. The third-order valence-electron chi connectivity index (χ3n) is 2.24. The van der Waals surface area contributed by atoms with Crippen LogP contribution in [0.2, 0.25) is 0 Å². The van der Waals surface area contributed by atoms with Gasteiger partial charge in [0.05, 0.1) is 6.61 Å². The highest BCUT2D eigenvalue weighted by Gasteiger charge is 2.03. The van der Waals surface area contributed by atoms with Gasteiger partial charge in [-0.2, -0.15) is 0 Å². The van der Waals surface area contributed by atoms with Crippen molar-refractivity contribution in [2.75, 3.05) is 43.2 Å². The van der Waals surface area contributed by atoms with Crippen LogP contribution in [0.1, 0.15) is 13.3 Å². The minimum Gasteiger partial charge on any atom is -0.370 e. The summed E-state index contributed by atoms with van der Waals surface area (Å²) in [7, 11) is 0. The van der Waals surface area contributed by atoms with E-state index in [1.807, 2.05) is 12.3 Å². The van der Waals surface area contributed by atoms with Gasteiger partial charge in [0.25, 0.3) is 0 Å². The molecule has 0 aliphatic carbocycles. The normalized spacial score (nSPS) is 10.3. The second-order valence-corrected chi connectivity index (χ2v) is 4.77. The lowest BCUT2D eigenvalue weighted by Gasteiger charge is -2.10. The molecule has 20 heavy (non-hydrogen) atoms. The molecule has 4 N–H and O–H groups in total. The fourth-order valence-corrected chi connectivity index (χ4v) is 1.75. The van der Waals surface area contributed by atoms with Crippen LogP contribution in [-0.2, 0) is 9.53 Å². The highest BCUT2D eigenvalue weighted by molar-refractivity contribution is 7.98.